The van der Waals surface area contributed by atoms with Gasteiger partial charge in [0.15, 0.2) is 0 Å². The third-order valence-electron chi connectivity index (χ3n) is 3.26. The molecule has 0 aliphatic rings. The van der Waals surface area contributed by atoms with Gasteiger partial charge in [-0.3, -0.25) is 15.1 Å². The fourth-order valence-corrected chi connectivity index (χ4v) is 2.36. The molecule has 2 aromatic rings. The first-order valence-corrected chi connectivity index (χ1v) is 8.47. The lowest BCUT2D eigenvalue weighted by Crippen LogP contribution is -2.08. The van der Waals surface area contributed by atoms with Crippen LogP contribution in [0.25, 0.3) is 0 Å². The lowest BCUT2D eigenvalue weighted by Gasteiger charge is -2.06. The van der Waals surface area contributed by atoms with Crippen LogP contribution in [0.1, 0.15) is 29.6 Å². The molecule has 9 heteroatoms. The molecule has 2 heterocycles. The minimum atomic E-state index is -0.484. The smallest absolute Gasteiger partial charge is 0.339 e. The zero-order chi connectivity index (χ0) is 18.1. The molecule has 0 radical (unpaired) electrons. The summed E-state index contributed by atoms with van der Waals surface area (Å²) in [7, 11) is 0. The number of carbonyl (C=O) groups is 1. The topological polar surface area (TPSA) is 107 Å². The summed E-state index contributed by atoms with van der Waals surface area (Å²) in [6, 6.07) is 4.65. The maximum atomic E-state index is 11.8. The fraction of sp³-hybridized carbons (Fsp3) is 0.312. The Balaban J connectivity index is 1.57. The van der Waals surface area contributed by atoms with Crippen molar-refractivity contribution >= 4 is 33.4 Å². The highest BCUT2D eigenvalue weighted by Crippen LogP contribution is 2.12. The molecule has 8 nitrogen and oxygen atoms in total. The van der Waals surface area contributed by atoms with Crippen molar-refractivity contribution in [3.8, 4) is 0 Å². The van der Waals surface area contributed by atoms with Crippen molar-refractivity contribution in [1.29, 1.82) is 0 Å². The van der Waals surface area contributed by atoms with Gasteiger partial charge in [0.25, 0.3) is 5.69 Å². The SMILES string of the molecule is O=C(OCCCCCNc1ccc([N+](=O)[O-])cn1)c1cncc(Br)c1. The Kier molecular flexibility index (Phi) is 7.27. The molecule has 0 unspecified atom stereocenters. The molecule has 0 saturated carbocycles. The maximum Gasteiger partial charge on any atom is 0.339 e. The van der Waals surface area contributed by atoms with Crippen LogP contribution in [0.15, 0.2) is 41.3 Å². The average Bonchev–Trinajstić information content (AvgIpc) is 2.61. The van der Waals surface area contributed by atoms with E-state index < -0.39 is 4.92 Å². The number of ether oxygens (including phenoxy) is 1. The van der Waals surface area contributed by atoms with Gasteiger partial charge in [-0.2, -0.15) is 0 Å². The number of rotatable bonds is 9. The van der Waals surface area contributed by atoms with Gasteiger partial charge in [0.1, 0.15) is 12.0 Å². The molecule has 25 heavy (non-hydrogen) atoms. The summed E-state index contributed by atoms with van der Waals surface area (Å²) in [6.45, 7) is 1.04. The number of halogens is 1. The predicted molar refractivity (Wildman–Crippen MR) is 95.5 cm³/mol. The van der Waals surface area contributed by atoms with Gasteiger partial charge in [0.05, 0.1) is 17.1 Å². The van der Waals surface area contributed by atoms with E-state index in [1.54, 1.807) is 18.3 Å². The normalized spacial score (nSPS) is 10.3. The number of nitro groups is 1. The van der Waals surface area contributed by atoms with Crippen LogP contribution in [-0.4, -0.2) is 34.0 Å². The van der Waals surface area contributed by atoms with Crippen LogP contribution in [0.3, 0.4) is 0 Å². The second-order valence-electron chi connectivity index (χ2n) is 5.17. The van der Waals surface area contributed by atoms with Gasteiger partial charge >= 0.3 is 5.97 Å². The Morgan fingerprint density at radius 2 is 2.08 bits per heavy atom. The quantitative estimate of drug-likeness (QED) is 0.292. The van der Waals surface area contributed by atoms with E-state index in [2.05, 4.69) is 31.2 Å². The van der Waals surface area contributed by atoms with E-state index in [1.807, 2.05) is 0 Å². The van der Waals surface area contributed by atoms with Crippen LogP contribution in [0, 0.1) is 10.1 Å². The van der Waals surface area contributed by atoms with E-state index in [9.17, 15) is 14.9 Å². The summed E-state index contributed by atoms with van der Waals surface area (Å²) in [5, 5.41) is 13.6. The van der Waals surface area contributed by atoms with E-state index in [-0.39, 0.29) is 11.7 Å². The van der Waals surface area contributed by atoms with Gasteiger partial charge in [-0.1, -0.05) is 0 Å². The van der Waals surface area contributed by atoms with E-state index in [4.69, 9.17) is 4.74 Å². The average molecular weight is 409 g/mol. The minimum Gasteiger partial charge on any atom is -0.462 e. The molecule has 0 spiro atoms. The molecule has 2 rings (SSSR count). The lowest BCUT2D eigenvalue weighted by molar-refractivity contribution is -0.385. The van der Waals surface area contributed by atoms with Crippen molar-refractivity contribution in [1.82, 2.24) is 9.97 Å². The predicted octanol–water partition coefficient (Wildman–Crippen LogP) is 3.59. The third-order valence-corrected chi connectivity index (χ3v) is 3.69. The number of hydrogen-bond donors (Lipinski definition) is 1. The van der Waals surface area contributed by atoms with Crippen LogP contribution in [0.2, 0.25) is 0 Å². The minimum absolute atomic E-state index is 0.0342. The number of unbranched alkanes of at least 4 members (excludes halogenated alkanes) is 2. The molecule has 0 saturated heterocycles. The van der Waals surface area contributed by atoms with Crippen molar-refractivity contribution in [2.45, 2.75) is 19.3 Å². The summed E-state index contributed by atoms with van der Waals surface area (Å²) >= 11 is 3.26. The number of nitrogens with one attached hydrogen (secondary N) is 1. The molecule has 0 bridgehead atoms. The molecule has 2 aromatic heterocycles. The van der Waals surface area contributed by atoms with Gasteiger partial charge < -0.3 is 10.1 Å². The number of pyridine rings is 2. The van der Waals surface area contributed by atoms with E-state index in [1.165, 1.54) is 18.5 Å². The first-order chi connectivity index (χ1) is 12.1. The van der Waals surface area contributed by atoms with Crippen LogP contribution < -0.4 is 5.32 Å². The van der Waals surface area contributed by atoms with Crippen LogP contribution in [0.5, 0.6) is 0 Å². The first-order valence-electron chi connectivity index (χ1n) is 7.68. The molecular weight excluding hydrogens is 392 g/mol. The Morgan fingerprint density at radius 1 is 1.24 bits per heavy atom. The van der Waals surface area contributed by atoms with Crippen molar-refractivity contribution in [2.75, 3.05) is 18.5 Å². The molecule has 0 aliphatic heterocycles. The standard InChI is InChI=1S/C16H17BrN4O4/c17-13-8-12(9-18-10-13)16(22)25-7-3-1-2-6-19-15-5-4-14(11-20-15)21(23)24/h4-5,8-11H,1-3,6-7H2,(H,19,20). The molecule has 0 aliphatic carbocycles. The van der Waals surface area contributed by atoms with Gasteiger partial charge in [-0.25, -0.2) is 9.78 Å². The molecular formula is C16H17BrN4O4. The molecule has 0 amide bonds. The highest BCUT2D eigenvalue weighted by molar-refractivity contribution is 9.10. The molecule has 132 valence electrons. The van der Waals surface area contributed by atoms with Crippen LogP contribution in [0.4, 0.5) is 11.5 Å². The Morgan fingerprint density at radius 3 is 2.76 bits per heavy atom. The van der Waals surface area contributed by atoms with Crippen molar-refractivity contribution in [3.05, 3.63) is 56.9 Å². The van der Waals surface area contributed by atoms with Crippen molar-refractivity contribution < 1.29 is 14.5 Å². The molecule has 0 atom stereocenters. The molecule has 1 N–H and O–H groups in total. The zero-order valence-corrected chi connectivity index (χ0v) is 14.9. The van der Waals surface area contributed by atoms with E-state index in [0.29, 0.717) is 24.5 Å². The number of esters is 1. The number of anilines is 1. The summed E-state index contributed by atoms with van der Waals surface area (Å²) < 4.78 is 5.92. The Labute approximate surface area is 152 Å². The molecule has 0 aromatic carbocycles. The number of nitrogens with zero attached hydrogens (tertiary/aromatic N) is 3. The van der Waals surface area contributed by atoms with Gasteiger partial charge in [0.2, 0.25) is 0 Å². The maximum absolute atomic E-state index is 11.8. The van der Waals surface area contributed by atoms with Crippen molar-refractivity contribution in [3.63, 3.8) is 0 Å². The summed E-state index contributed by atoms with van der Waals surface area (Å²) in [4.78, 5) is 29.7. The van der Waals surface area contributed by atoms with Gasteiger partial charge in [-0.15, -0.1) is 0 Å². The lowest BCUT2D eigenvalue weighted by atomic mass is 10.2. The number of hydrogen-bond acceptors (Lipinski definition) is 7. The van der Waals surface area contributed by atoms with Gasteiger partial charge in [0, 0.05) is 29.5 Å². The second-order valence-corrected chi connectivity index (χ2v) is 6.09. The fourth-order valence-electron chi connectivity index (χ4n) is 1.99. The highest BCUT2D eigenvalue weighted by atomic mass is 79.9. The van der Waals surface area contributed by atoms with Gasteiger partial charge in [-0.05, 0) is 47.3 Å². The monoisotopic (exact) mass is 408 g/mol. The third kappa shape index (κ3) is 6.46. The highest BCUT2D eigenvalue weighted by Gasteiger charge is 2.07. The summed E-state index contributed by atoms with van der Waals surface area (Å²) in [5.74, 6) is 0.209. The summed E-state index contributed by atoms with van der Waals surface area (Å²) in [6.07, 6.45) is 6.79. The Bertz CT molecular complexity index is 724. The Hall–Kier alpha value is -2.55. The largest absolute Gasteiger partial charge is 0.462 e. The summed E-state index contributed by atoms with van der Waals surface area (Å²) in [5.41, 5.74) is 0.383. The van der Waals surface area contributed by atoms with Crippen LogP contribution >= 0.6 is 15.9 Å². The first kappa shape index (κ1) is 18.8. The van der Waals surface area contributed by atoms with Crippen molar-refractivity contribution in [2.24, 2.45) is 0 Å². The van der Waals surface area contributed by atoms with Crippen LogP contribution in [-0.2, 0) is 4.74 Å². The zero-order valence-electron chi connectivity index (χ0n) is 13.4. The molecule has 0 fully saturated rings. The second kappa shape index (κ2) is 9.67. The van der Waals surface area contributed by atoms with E-state index in [0.717, 1.165) is 23.7 Å². The number of aromatic nitrogens is 2. The number of carbonyl (C=O) groups excluding carboxylic acids is 1. The van der Waals surface area contributed by atoms with E-state index >= 15 is 0 Å².